The van der Waals surface area contributed by atoms with Crippen LogP contribution in [0.1, 0.15) is 29.5 Å². The molecule has 2 saturated heterocycles. The molecule has 30 heavy (non-hydrogen) atoms. The molecule has 3 aliphatic rings. The Balaban J connectivity index is 1.58. The van der Waals surface area contributed by atoms with E-state index in [0.29, 0.717) is 49.9 Å². The van der Waals surface area contributed by atoms with Crippen molar-refractivity contribution >= 4 is 5.82 Å². The topological polar surface area (TPSA) is 79.7 Å². The smallest absolute Gasteiger partial charge is 0.155 e. The number of phenols is 1. The number of hydrogen-bond acceptors (Lipinski definition) is 7. The standard InChI is InChI=1S/C22H27FN4O3/c1-13-3-4-16(18(28)7-13)20-17-11-30-22(5-6-29-12-22)19(17)21(26-25-20)24-15-8-14(23)9-27(2)10-15/h3-4,7,14-15,28H,5-6,8-12H2,1-2H3,(H,24,26)/t14-,15-,22?/m1/s1. The third-order valence-corrected chi connectivity index (χ3v) is 6.34. The van der Waals surface area contributed by atoms with Crippen LogP contribution in [0.25, 0.3) is 11.3 Å². The van der Waals surface area contributed by atoms with Gasteiger partial charge in [0.05, 0.1) is 13.2 Å². The molecule has 0 amide bonds. The number of ether oxygens (including phenoxy) is 2. The lowest BCUT2D eigenvalue weighted by molar-refractivity contribution is -0.0418. The first kappa shape index (κ1) is 19.7. The Kier molecular flexibility index (Phi) is 4.88. The number of fused-ring (bicyclic) bond motifs is 2. The minimum Gasteiger partial charge on any atom is -0.507 e. The lowest BCUT2D eigenvalue weighted by atomic mass is 9.90. The van der Waals surface area contributed by atoms with Gasteiger partial charge in [0.1, 0.15) is 23.2 Å². The lowest BCUT2D eigenvalue weighted by Gasteiger charge is -2.34. The van der Waals surface area contributed by atoms with Gasteiger partial charge in [-0.15, -0.1) is 10.2 Å². The molecule has 3 atom stereocenters. The highest BCUT2D eigenvalue weighted by molar-refractivity contribution is 5.74. The molecule has 8 heteroatoms. The monoisotopic (exact) mass is 414 g/mol. The molecule has 0 saturated carbocycles. The van der Waals surface area contributed by atoms with Gasteiger partial charge in [0.25, 0.3) is 0 Å². The zero-order valence-electron chi connectivity index (χ0n) is 17.3. The van der Waals surface area contributed by atoms with E-state index >= 15 is 0 Å². The van der Waals surface area contributed by atoms with Crippen molar-refractivity contribution < 1.29 is 19.0 Å². The minimum absolute atomic E-state index is 0.0595. The van der Waals surface area contributed by atoms with E-state index in [1.54, 1.807) is 6.07 Å². The number of anilines is 1. The van der Waals surface area contributed by atoms with Crippen molar-refractivity contribution in [3.8, 4) is 17.0 Å². The average molecular weight is 414 g/mol. The number of rotatable bonds is 3. The molecule has 3 aliphatic heterocycles. The number of aryl methyl sites for hydroxylation is 1. The zero-order valence-corrected chi connectivity index (χ0v) is 17.3. The zero-order chi connectivity index (χ0) is 20.9. The van der Waals surface area contributed by atoms with Crippen molar-refractivity contribution in [2.45, 2.75) is 44.2 Å². The number of phenolic OH excluding ortho intramolecular Hbond substituents is 1. The van der Waals surface area contributed by atoms with Gasteiger partial charge < -0.3 is 24.8 Å². The highest BCUT2D eigenvalue weighted by Gasteiger charge is 2.48. The van der Waals surface area contributed by atoms with Crippen molar-refractivity contribution in [3.63, 3.8) is 0 Å². The first-order chi connectivity index (χ1) is 14.4. The second-order valence-electron chi connectivity index (χ2n) is 8.75. The van der Waals surface area contributed by atoms with Gasteiger partial charge in [-0.25, -0.2) is 4.39 Å². The number of nitrogens with zero attached hydrogens (tertiary/aromatic N) is 3. The molecule has 1 spiro atoms. The van der Waals surface area contributed by atoms with Crippen molar-refractivity contribution in [1.29, 1.82) is 0 Å². The largest absolute Gasteiger partial charge is 0.507 e. The molecule has 1 aromatic carbocycles. The molecule has 0 radical (unpaired) electrons. The number of halogens is 1. The molecular weight excluding hydrogens is 387 g/mol. The first-order valence-corrected chi connectivity index (χ1v) is 10.5. The van der Waals surface area contributed by atoms with Crippen molar-refractivity contribution in [1.82, 2.24) is 15.1 Å². The Morgan fingerprint density at radius 3 is 2.90 bits per heavy atom. The highest BCUT2D eigenvalue weighted by Crippen LogP contribution is 2.48. The number of nitrogens with one attached hydrogen (secondary N) is 1. The van der Waals surface area contributed by atoms with Crippen molar-refractivity contribution in [2.75, 3.05) is 38.7 Å². The number of benzene rings is 1. The summed E-state index contributed by atoms with van der Waals surface area (Å²) in [7, 11) is 1.93. The molecule has 160 valence electrons. The number of hydrogen-bond donors (Lipinski definition) is 2. The lowest BCUT2D eigenvalue weighted by Crippen LogP contribution is -2.45. The van der Waals surface area contributed by atoms with E-state index in [0.717, 1.165) is 29.7 Å². The third-order valence-electron chi connectivity index (χ3n) is 6.34. The first-order valence-electron chi connectivity index (χ1n) is 10.5. The quantitative estimate of drug-likeness (QED) is 0.799. The molecule has 1 aromatic heterocycles. The van der Waals surface area contributed by atoms with Crippen LogP contribution in [0.4, 0.5) is 10.2 Å². The van der Waals surface area contributed by atoms with E-state index in [4.69, 9.17) is 9.47 Å². The number of alkyl halides is 1. The summed E-state index contributed by atoms with van der Waals surface area (Å²) in [5.41, 5.74) is 3.51. The van der Waals surface area contributed by atoms with Crippen molar-refractivity contribution in [2.24, 2.45) is 0 Å². The van der Waals surface area contributed by atoms with Crippen LogP contribution in [-0.4, -0.2) is 65.8 Å². The molecular formula is C22H27FN4O3. The second kappa shape index (κ2) is 7.44. The van der Waals surface area contributed by atoms with Crippen LogP contribution in [0, 0.1) is 6.92 Å². The Labute approximate surface area is 175 Å². The predicted octanol–water partition coefficient (Wildman–Crippen LogP) is 2.76. The number of likely N-dealkylation sites (N-methyl/N-ethyl adjacent to an activating group) is 1. The Bertz CT molecular complexity index is 954. The normalized spacial score (nSPS) is 28.8. The van der Waals surface area contributed by atoms with Gasteiger partial charge in [0, 0.05) is 55.3 Å². The van der Waals surface area contributed by atoms with Crippen LogP contribution in [0.5, 0.6) is 5.75 Å². The SMILES string of the molecule is Cc1ccc(-c2nnc(N[C@@H]3C[C@@H](F)CN(C)C3)c3c2COC32CCOC2)c(O)c1. The van der Waals surface area contributed by atoms with Crippen LogP contribution in [0.2, 0.25) is 0 Å². The van der Waals surface area contributed by atoms with Gasteiger partial charge in [0.15, 0.2) is 5.82 Å². The summed E-state index contributed by atoms with van der Waals surface area (Å²) in [5, 5.41) is 22.9. The second-order valence-corrected chi connectivity index (χ2v) is 8.75. The molecule has 4 heterocycles. The Hall–Kier alpha value is -2.29. The highest BCUT2D eigenvalue weighted by atomic mass is 19.1. The Morgan fingerprint density at radius 2 is 2.17 bits per heavy atom. The number of aromatic hydroxyl groups is 1. The van der Waals surface area contributed by atoms with Crippen LogP contribution >= 0.6 is 0 Å². The molecule has 0 bridgehead atoms. The minimum atomic E-state index is -0.869. The van der Waals surface area contributed by atoms with E-state index in [1.807, 2.05) is 31.0 Å². The maximum absolute atomic E-state index is 14.1. The van der Waals surface area contributed by atoms with E-state index in [1.165, 1.54) is 0 Å². The molecule has 0 aliphatic carbocycles. The van der Waals surface area contributed by atoms with Crippen molar-refractivity contribution in [3.05, 3.63) is 34.9 Å². The van der Waals surface area contributed by atoms with Gasteiger partial charge in [0.2, 0.25) is 0 Å². The molecule has 2 fully saturated rings. The van der Waals surface area contributed by atoms with Gasteiger partial charge >= 0.3 is 0 Å². The van der Waals surface area contributed by atoms with Crippen LogP contribution < -0.4 is 5.32 Å². The fourth-order valence-electron chi connectivity index (χ4n) is 4.95. The van der Waals surface area contributed by atoms with E-state index in [-0.39, 0.29) is 11.8 Å². The average Bonchev–Trinajstić information content (AvgIpc) is 3.30. The van der Waals surface area contributed by atoms with E-state index in [9.17, 15) is 9.50 Å². The van der Waals surface area contributed by atoms with E-state index < -0.39 is 11.8 Å². The summed E-state index contributed by atoms with van der Waals surface area (Å²) in [6.45, 7) is 4.57. The maximum atomic E-state index is 14.1. The molecule has 2 aromatic rings. The Morgan fingerprint density at radius 1 is 1.30 bits per heavy atom. The summed E-state index contributed by atoms with van der Waals surface area (Å²) in [5.74, 6) is 0.806. The van der Waals surface area contributed by atoms with Gasteiger partial charge in [-0.2, -0.15) is 0 Å². The van der Waals surface area contributed by atoms with Gasteiger partial charge in [-0.05, 0) is 31.7 Å². The van der Waals surface area contributed by atoms with Gasteiger partial charge in [-0.1, -0.05) is 6.07 Å². The van der Waals surface area contributed by atoms with E-state index in [2.05, 4.69) is 15.5 Å². The summed E-state index contributed by atoms with van der Waals surface area (Å²) < 4.78 is 26.1. The summed E-state index contributed by atoms with van der Waals surface area (Å²) in [6.07, 6.45) is 0.299. The fourth-order valence-corrected chi connectivity index (χ4v) is 4.95. The summed E-state index contributed by atoms with van der Waals surface area (Å²) in [6, 6.07) is 5.47. The predicted molar refractivity (Wildman–Crippen MR) is 110 cm³/mol. The maximum Gasteiger partial charge on any atom is 0.155 e. The summed E-state index contributed by atoms with van der Waals surface area (Å²) in [4.78, 5) is 1.99. The number of likely N-dealkylation sites (tertiary alicyclic amines) is 1. The molecule has 7 nitrogen and oxygen atoms in total. The fraction of sp³-hybridized carbons (Fsp3) is 0.545. The van der Waals surface area contributed by atoms with Crippen LogP contribution in [-0.2, 0) is 21.7 Å². The third kappa shape index (κ3) is 3.33. The van der Waals surface area contributed by atoms with Gasteiger partial charge in [-0.3, -0.25) is 0 Å². The summed E-state index contributed by atoms with van der Waals surface area (Å²) >= 11 is 0. The van der Waals surface area contributed by atoms with Crippen LogP contribution in [0.3, 0.4) is 0 Å². The van der Waals surface area contributed by atoms with Crippen LogP contribution in [0.15, 0.2) is 18.2 Å². The number of aromatic nitrogens is 2. The number of piperidine rings is 1. The molecule has 1 unspecified atom stereocenters. The molecule has 2 N–H and O–H groups in total. The molecule has 5 rings (SSSR count).